The van der Waals surface area contributed by atoms with Gasteiger partial charge in [0.15, 0.2) is 5.78 Å². The van der Waals surface area contributed by atoms with Crippen molar-refractivity contribution in [2.75, 3.05) is 17.7 Å². The molecule has 0 bridgehead atoms. The zero-order chi connectivity index (χ0) is 60.9. The van der Waals surface area contributed by atoms with Gasteiger partial charge in [0, 0.05) is 29.5 Å². The van der Waals surface area contributed by atoms with E-state index in [4.69, 9.17) is 14.2 Å². The van der Waals surface area contributed by atoms with Gasteiger partial charge in [-0.05, 0) is 126 Å². The van der Waals surface area contributed by atoms with Crippen molar-refractivity contribution in [3.63, 3.8) is 0 Å². The number of hydrogen-bond acceptors (Lipinski definition) is 10. The van der Waals surface area contributed by atoms with Crippen LogP contribution in [0.15, 0.2) is 121 Å². The minimum absolute atomic E-state index is 0.0130. The zero-order valence-electron chi connectivity index (χ0n) is 40.1. The van der Waals surface area contributed by atoms with E-state index in [2.05, 4.69) is 5.32 Å². The summed E-state index contributed by atoms with van der Waals surface area (Å²) in [5, 5.41) is 34.2. The van der Waals surface area contributed by atoms with Crippen LogP contribution in [0.2, 0.25) is 0 Å². The second kappa shape index (κ2) is 21.5. The molecule has 12 nitrogen and oxygen atoms in total. The third-order valence-corrected chi connectivity index (χ3v) is 12.1. The van der Waals surface area contributed by atoms with Gasteiger partial charge in [-0.3, -0.25) is 14.4 Å². The molecule has 81 heavy (non-hydrogen) atoms. The van der Waals surface area contributed by atoms with Gasteiger partial charge in [-0.1, -0.05) is 24.3 Å². The van der Waals surface area contributed by atoms with E-state index in [0.717, 1.165) is 50.4 Å². The number of ether oxygens (including phenoxy) is 3. The Labute approximate surface area is 441 Å². The molecule has 0 saturated heterocycles. The third-order valence-electron chi connectivity index (χ3n) is 12.1. The highest BCUT2D eigenvalue weighted by atomic mass is 19.4. The first kappa shape index (κ1) is 61.7. The van der Waals surface area contributed by atoms with Crippen molar-refractivity contribution < 1.29 is 128 Å². The van der Waals surface area contributed by atoms with E-state index in [0.29, 0.717) is 60.7 Å². The number of anilines is 2. The summed E-state index contributed by atoms with van der Waals surface area (Å²) in [6.07, 6.45) is -39.0. The molecule has 0 aliphatic rings. The molecule has 0 aromatic heterocycles. The summed E-state index contributed by atoms with van der Waals surface area (Å²) in [7, 11) is 0.878. The van der Waals surface area contributed by atoms with Crippen LogP contribution in [0.5, 0.6) is 28.7 Å². The maximum atomic E-state index is 15.1. The monoisotopic (exact) mass is 1170 g/mol. The first-order valence-corrected chi connectivity index (χ1v) is 22.0. The molecular formula is C51H32F18N2O10. The summed E-state index contributed by atoms with van der Waals surface area (Å²) in [5.41, 5.74) is -30.6. The number of rotatable bonds is 16. The third kappa shape index (κ3) is 11.6. The van der Waals surface area contributed by atoms with Crippen molar-refractivity contribution in [1.82, 2.24) is 0 Å². The molecule has 0 atom stereocenters. The molecule has 0 spiro atoms. The van der Waals surface area contributed by atoms with Gasteiger partial charge in [-0.2, -0.15) is 79.0 Å². The van der Waals surface area contributed by atoms with Gasteiger partial charge in [0.25, 0.3) is 23.6 Å². The van der Waals surface area contributed by atoms with Crippen LogP contribution in [0.3, 0.4) is 0 Å². The molecule has 0 fully saturated rings. The fourth-order valence-corrected chi connectivity index (χ4v) is 8.16. The smallest absolute Gasteiger partial charge is 0.430 e. The summed E-state index contributed by atoms with van der Waals surface area (Å²) in [6.45, 7) is 1.10. The molecule has 0 unspecified atom stereocenters. The summed E-state index contributed by atoms with van der Waals surface area (Å²) >= 11 is 0. The fourth-order valence-electron chi connectivity index (χ4n) is 8.16. The van der Waals surface area contributed by atoms with Crippen LogP contribution in [0.4, 0.5) is 90.4 Å². The standard InChI is InChI=1S/C51H32F18N2O10/c1-24(73)38-21-36(12-14-40(38)79-23-72)81-34-9-5-28(6-10-34)43(46(52,53)54,47(55,56)57)27-3-7-33(8-4-27)80-35-11-13-37(42(75)76)39(22-35)41(74)71-32-18-26(16-30(20-32)45(78,50(64,65)66)51(67,68)69)25-15-29(19-31(17-25)70-2)44(77,48(58,59)60)49(61,62)63/h3-23,70,77-78H,1-2H3,(H,71,74)(H,75,76). The molecule has 6 aromatic rings. The Morgan fingerprint density at radius 1 is 0.457 bits per heavy atom. The quantitative estimate of drug-likeness (QED) is 0.0353. The van der Waals surface area contributed by atoms with Gasteiger partial charge < -0.3 is 40.2 Å². The lowest BCUT2D eigenvalue weighted by Gasteiger charge is -2.38. The number of hydrogen-bond donors (Lipinski definition) is 5. The normalized spacial score (nSPS) is 13.1. The van der Waals surface area contributed by atoms with Crippen LogP contribution in [-0.4, -0.2) is 83.6 Å². The predicted octanol–water partition coefficient (Wildman–Crippen LogP) is 13.7. The number of Topliss-reactive ketones (excluding diaryl/α,β-unsaturated/α-hetero) is 1. The summed E-state index contributed by atoms with van der Waals surface area (Å²) in [6, 6.07) is 9.71. The van der Waals surface area contributed by atoms with Crippen LogP contribution in [0.1, 0.15) is 60.3 Å². The van der Waals surface area contributed by atoms with Crippen molar-refractivity contribution in [3.8, 4) is 39.9 Å². The van der Waals surface area contributed by atoms with Gasteiger partial charge in [-0.15, -0.1) is 0 Å². The molecule has 6 aromatic carbocycles. The molecule has 5 N–H and O–H groups in total. The SMILES string of the molecule is CNc1cc(-c2cc(NC(=O)c3cc(Oc4ccc(C(c5ccc(Oc6ccc(OC=O)c(C(C)=O)c6)cc5)(C(F)(F)F)C(F)(F)F)cc4)ccc3C(=O)O)cc(C(O)(C(F)(F)F)C(F)(F)F)c2)cc(C(O)(C(F)(F)F)C(F)(F)F)c1. The lowest BCUT2D eigenvalue weighted by Crippen LogP contribution is -2.54. The number of amides is 1. The van der Waals surface area contributed by atoms with Gasteiger partial charge in [0.1, 0.15) is 28.7 Å². The van der Waals surface area contributed by atoms with Crippen LogP contribution in [-0.2, 0) is 21.4 Å². The number of carboxylic acids is 1. The number of nitrogens with one attached hydrogen (secondary N) is 2. The highest BCUT2D eigenvalue weighted by Gasteiger charge is 2.74. The van der Waals surface area contributed by atoms with Crippen LogP contribution in [0.25, 0.3) is 11.1 Å². The minimum atomic E-state index is -6.74. The Hall–Kier alpha value is -8.54. The molecule has 0 radical (unpaired) electrons. The van der Waals surface area contributed by atoms with Gasteiger partial charge in [-0.25, -0.2) is 4.79 Å². The van der Waals surface area contributed by atoms with Crippen molar-refractivity contribution in [3.05, 3.63) is 160 Å². The van der Waals surface area contributed by atoms with E-state index in [1.165, 1.54) is 0 Å². The number of carbonyl (C=O) groups excluding carboxylic acids is 3. The second-order valence-electron chi connectivity index (χ2n) is 17.2. The Kier molecular flexibility index (Phi) is 16.4. The number of carbonyl (C=O) groups is 4. The second-order valence-corrected chi connectivity index (χ2v) is 17.2. The zero-order valence-corrected chi connectivity index (χ0v) is 40.1. The average molecular weight is 1170 g/mol. The van der Waals surface area contributed by atoms with E-state index >= 15 is 26.3 Å². The Bertz CT molecular complexity index is 3330. The maximum absolute atomic E-state index is 15.1. The van der Waals surface area contributed by atoms with Gasteiger partial charge in [0.2, 0.25) is 5.41 Å². The minimum Gasteiger partial charge on any atom is -0.478 e. The van der Waals surface area contributed by atoms with Gasteiger partial charge in [0.05, 0.1) is 16.7 Å². The maximum Gasteiger partial charge on any atom is 0.430 e. The largest absolute Gasteiger partial charge is 0.478 e. The van der Waals surface area contributed by atoms with E-state index in [-0.39, 0.29) is 53.5 Å². The number of carboxylic acid groups (broad SMARTS) is 1. The lowest BCUT2D eigenvalue weighted by molar-refractivity contribution is -0.376. The molecule has 0 saturated carbocycles. The molecule has 0 aliphatic carbocycles. The van der Waals surface area contributed by atoms with E-state index < -0.39 is 139 Å². The first-order valence-electron chi connectivity index (χ1n) is 22.0. The number of alkyl halides is 18. The molecule has 6 rings (SSSR count). The number of halogens is 18. The molecule has 432 valence electrons. The number of aliphatic hydroxyl groups is 2. The van der Waals surface area contributed by atoms with Crippen molar-refractivity contribution in [1.29, 1.82) is 0 Å². The Morgan fingerprint density at radius 3 is 1.21 bits per heavy atom. The van der Waals surface area contributed by atoms with E-state index in [1.807, 2.05) is 0 Å². The molecule has 1 amide bonds. The van der Waals surface area contributed by atoms with Gasteiger partial charge >= 0.3 is 43.0 Å². The van der Waals surface area contributed by atoms with Crippen molar-refractivity contribution in [2.24, 2.45) is 0 Å². The Balaban J connectivity index is 1.40. The van der Waals surface area contributed by atoms with E-state index in [1.54, 1.807) is 5.32 Å². The van der Waals surface area contributed by atoms with E-state index in [9.17, 15) is 87.2 Å². The first-order chi connectivity index (χ1) is 37.2. The molecule has 30 heteroatoms. The van der Waals surface area contributed by atoms with Crippen molar-refractivity contribution in [2.45, 2.75) is 60.6 Å². The summed E-state index contributed by atoms with van der Waals surface area (Å²) in [5.74, 6) is -6.44. The topological polar surface area (TPSA) is 181 Å². The molecule has 0 heterocycles. The lowest BCUT2D eigenvalue weighted by atomic mass is 9.73. The highest BCUT2D eigenvalue weighted by molar-refractivity contribution is 6.11. The fraction of sp³-hybridized carbons (Fsp3) is 0.216. The van der Waals surface area contributed by atoms with Crippen LogP contribution >= 0.6 is 0 Å². The van der Waals surface area contributed by atoms with Crippen molar-refractivity contribution >= 4 is 35.5 Å². The van der Waals surface area contributed by atoms with Crippen LogP contribution in [0, 0.1) is 0 Å². The molecule has 0 aliphatic heterocycles. The van der Waals surface area contributed by atoms with Crippen LogP contribution < -0.4 is 24.8 Å². The summed E-state index contributed by atoms with van der Waals surface area (Å²) in [4.78, 5) is 49.0. The number of ketones is 1. The molecular weight excluding hydrogens is 1140 g/mol. The highest BCUT2D eigenvalue weighted by Crippen LogP contribution is 2.57. The number of benzene rings is 6. The average Bonchev–Trinajstić information content (AvgIpc) is 3.33. The predicted molar refractivity (Wildman–Crippen MR) is 244 cm³/mol. The summed E-state index contributed by atoms with van der Waals surface area (Å²) < 4.78 is 276. The number of aromatic carboxylic acids is 1. The Morgan fingerprint density at radius 2 is 0.840 bits per heavy atom.